The Labute approximate surface area is 259 Å². The summed E-state index contributed by atoms with van der Waals surface area (Å²) >= 11 is 4.51. The van der Waals surface area contributed by atoms with E-state index in [4.69, 9.17) is 4.74 Å². The van der Waals surface area contributed by atoms with Crippen LogP contribution in [0.5, 0.6) is 5.75 Å². The van der Waals surface area contributed by atoms with Gasteiger partial charge in [0.05, 0.1) is 36.2 Å². The van der Waals surface area contributed by atoms with Gasteiger partial charge >= 0.3 is 5.97 Å². The molecule has 0 fully saturated rings. The van der Waals surface area contributed by atoms with E-state index in [0.29, 0.717) is 22.5 Å². The summed E-state index contributed by atoms with van der Waals surface area (Å²) in [6, 6.07) is 24.3. The standard InChI is InChI=1S/C33H25N3O4S3/c37-30(19-23-8-4-16-41-23)34-28-12-3-7-22(33(28)40-32(39)21-25-10-6-18-43-25)14-15-27-26-11-1-2-13-29(26)36(35-27)31(38)20-24-9-5-17-42-24/h1-18H,19-21H2,(H,34,37)/b15-14+. The fourth-order valence-electron chi connectivity index (χ4n) is 4.58. The highest BCUT2D eigenvalue weighted by molar-refractivity contribution is 7.10. The summed E-state index contributed by atoms with van der Waals surface area (Å²) in [5.74, 6) is -0.534. The van der Waals surface area contributed by atoms with Crippen LogP contribution in [0.25, 0.3) is 23.1 Å². The van der Waals surface area contributed by atoms with Crippen LogP contribution in [0.4, 0.5) is 5.69 Å². The van der Waals surface area contributed by atoms with Crippen LogP contribution < -0.4 is 10.1 Å². The molecule has 43 heavy (non-hydrogen) atoms. The molecule has 214 valence electrons. The Bertz CT molecular complexity index is 1900. The van der Waals surface area contributed by atoms with E-state index >= 15 is 0 Å². The lowest BCUT2D eigenvalue weighted by molar-refractivity contribution is -0.133. The lowest BCUT2D eigenvalue weighted by Crippen LogP contribution is -2.17. The van der Waals surface area contributed by atoms with Gasteiger partial charge in [-0.1, -0.05) is 48.5 Å². The number of nitrogens with one attached hydrogen (secondary N) is 1. The largest absolute Gasteiger partial charge is 0.423 e. The van der Waals surface area contributed by atoms with Gasteiger partial charge < -0.3 is 10.1 Å². The zero-order chi connectivity index (χ0) is 29.6. The van der Waals surface area contributed by atoms with Crippen molar-refractivity contribution in [1.29, 1.82) is 0 Å². The SMILES string of the molecule is O=C(Cc1cccs1)Nc1cccc(/C=C/c2nn(C(=O)Cc3cccs3)c3ccccc23)c1OC(=O)Cc1cccs1. The second kappa shape index (κ2) is 13.1. The fraction of sp³-hybridized carbons (Fsp3) is 0.0909. The van der Waals surface area contributed by atoms with Gasteiger partial charge in [-0.25, -0.2) is 0 Å². The Balaban J connectivity index is 1.32. The van der Waals surface area contributed by atoms with Crippen molar-refractivity contribution in [1.82, 2.24) is 9.78 Å². The van der Waals surface area contributed by atoms with Crippen molar-refractivity contribution < 1.29 is 19.1 Å². The summed E-state index contributed by atoms with van der Waals surface area (Å²) < 4.78 is 7.33. The Morgan fingerprint density at radius 3 is 2.12 bits per heavy atom. The molecule has 0 aliphatic rings. The molecule has 1 amide bonds. The van der Waals surface area contributed by atoms with E-state index in [1.54, 1.807) is 30.4 Å². The van der Waals surface area contributed by atoms with Crippen LogP contribution in [0.15, 0.2) is 95.0 Å². The summed E-state index contributed by atoms with van der Waals surface area (Å²) in [7, 11) is 0. The van der Waals surface area contributed by atoms with Crippen LogP contribution in [-0.2, 0) is 28.9 Å². The monoisotopic (exact) mass is 623 g/mol. The van der Waals surface area contributed by atoms with Gasteiger partial charge in [0.2, 0.25) is 5.91 Å². The van der Waals surface area contributed by atoms with Crippen molar-refractivity contribution in [3.05, 3.63) is 121 Å². The van der Waals surface area contributed by atoms with Gasteiger partial charge in [0.25, 0.3) is 5.91 Å². The Hall–Kier alpha value is -4.64. The first kappa shape index (κ1) is 28.5. The van der Waals surface area contributed by atoms with Crippen LogP contribution in [0.3, 0.4) is 0 Å². The minimum absolute atomic E-state index is 0.111. The highest BCUT2D eigenvalue weighted by atomic mass is 32.1. The molecule has 6 aromatic rings. The molecule has 0 unspecified atom stereocenters. The molecule has 0 aliphatic heterocycles. The summed E-state index contributed by atoms with van der Waals surface area (Å²) in [5, 5.41) is 14.2. The number of benzene rings is 2. The van der Waals surface area contributed by atoms with Crippen molar-refractivity contribution >= 4 is 80.5 Å². The minimum Gasteiger partial charge on any atom is -0.423 e. The van der Waals surface area contributed by atoms with E-state index < -0.39 is 5.97 Å². The summed E-state index contributed by atoms with van der Waals surface area (Å²) in [6.07, 6.45) is 4.15. The lowest BCUT2D eigenvalue weighted by atomic mass is 10.1. The van der Waals surface area contributed by atoms with Crippen molar-refractivity contribution in [2.45, 2.75) is 19.3 Å². The van der Waals surface area contributed by atoms with E-state index in [0.717, 1.165) is 20.0 Å². The second-order valence-corrected chi connectivity index (χ2v) is 12.7. The van der Waals surface area contributed by atoms with E-state index in [9.17, 15) is 14.4 Å². The maximum absolute atomic E-state index is 13.2. The lowest BCUT2D eigenvalue weighted by Gasteiger charge is -2.14. The van der Waals surface area contributed by atoms with Crippen LogP contribution in [0.2, 0.25) is 0 Å². The second-order valence-electron chi connectivity index (χ2n) is 9.56. The number of aromatic nitrogens is 2. The van der Waals surface area contributed by atoms with Crippen molar-refractivity contribution in [2.75, 3.05) is 5.32 Å². The summed E-state index contributed by atoms with van der Waals surface area (Å²) in [6.45, 7) is 0. The van der Waals surface area contributed by atoms with Crippen molar-refractivity contribution in [2.24, 2.45) is 0 Å². The number of hydrogen-bond donors (Lipinski definition) is 1. The number of rotatable bonds is 10. The van der Waals surface area contributed by atoms with Gasteiger partial charge in [0.1, 0.15) is 0 Å². The average Bonchev–Trinajstić information content (AvgIpc) is 3.82. The van der Waals surface area contributed by atoms with E-state index in [2.05, 4.69) is 10.4 Å². The predicted molar refractivity (Wildman–Crippen MR) is 174 cm³/mol. The third kappa shape index (κ3) is 6.89. The normalized spacial score (nSPS) is 11.3. The van der Waals surface area contributed by atoms with E-state index in [1.807, 2.05) is 76.8 Å². The minimum atomic E-state index is -0.439. The van der Waals surface area contributed by atoms with Gasteiger partial charge in [-0.2, -0.15) is 9.78 Å². The quantitative estimate of drug-likeness (QED) is 0.125. The molecular weight excluding hydrogens is 599 g/mol. The van der Waals surface area contributed by atoms with Crippen molar-refractivity contribution in [3.63, 3.8) is 0 Å². The average molecular weight is 624 g/mol. The number of anilines is 1. The molecule has 0 aliphatic carbocycles. The number of esters is 1. The van der Waals surface area contributed by atoms with Crippen LogP contribution >= 0.6 is 34.0 Å². The number of para-hydroxylation sites is 2. The molecule has 0 saturated heterocycles. The third-order valence-electron chi connectivity index (χ3n) is 6.53. The third-order valence-corrected chi connectivity index (χ3v) is 9.16. The van der Waals surface area contributed by atoms with Gasteiger partial charge in [-0.05, 0) is 58.6 Å². The number of ether oxygens (including phenoxy) is 1. The van der Waals surface area contributed by atoms with Crippen molar-refractivity contribution in [3.8, 4) is 5.75 Å². The number of carbonyl (C=O) groups is 3. The zero-order valence-electron chi connectivity index (χ0n) is 22.8. The molecule has 0 atom stereocenters. The zero-order valence-corrected chi connectivity index (χ0v) is 25.2. The first-order chi connectivity index (χ1) is 21.0. The topological polar surface area (TPSA) is 90.3 Å². The van der Waals surface area contributed by atoms with Gasteiger partial charge in [-0.3, -0.25) is 14.4 Å². The number of thiophene rings is 3. The molecule has 0 spiro atoms. The van der Waals surface area contributed by atoms with Gasteiger partial charge in [-0.15, -0.1) is 34.0 Å². The molecule has 10 heteroatoms. The molecule has 7 nitrogen and oxygen atoms in total. The molecule has 0 saturated carbocycles. The molecule has 1 N–H and O–H groups in total. The highest BCUT2D eigenvalue weighted by Gasteiger charge is 2.18. The first-order valence-electron chi connectivity index (χ1n) is 13.4. The summed E-state index contributed by atoms with van der Waals surface area (Å²) in [4.78, 5) is 41.8. The number of fused-ring (bicyclic) bond motifs is 1. The van der Waals surface area contributed by atoms with Gasteiger partial charge in [0.15, 0.2) is 5.75 Å². The van der Waals surface area contributed by atoms with Crippen LogP contribution in [0.1, 0.15) is 30.7 Å². The Kier molecular flexibility index (Phi) is 8.69. The molecular formula is C33H25N3O4S3. The first-order valence-corrected chi connectivity index (χ1v) is 16.1. The molecule has 0 radical (unpaired) electrons. The molecule has 4 aromatic heterocycles. The number of nitrogens with zero attached hydrogens (tertiary/aromatic N) is 2. The number of hydrogen-bond acceptors (Lipinski definition) is 8. The maximum atomic E-state index is 13.2. The number of amides is 1. The van der Waals surface area contributed by atoms with Crippen LogP contribution in [-0.4, -0.2) is 27.6 Å². The molecule has 6 rings (SSSR count). The molecule has 0 bridgehead atoms. The Morgan fingerprint density at radius 2 is 1.42 bits per heavy atom. The summed E-state index contributed by atoms with van der Waals surface area (Å²) in [5.41, 5.74) is 2.28. The van der Waals surface area contributed by atoms with E-state index in [1.165, 1.54) is 38.7 Å². The fourth-order valence-corrected chi connectivity index (χ4v) is 6.67. The Morgan fingerprint density at radius 1 is 0.744 bits per heavy atom. The molecule has 4 heterocycles. The van der Waals surface area contributed by atoms with E-state index in [-0.39, 0.29) is 36.8 Å². The van der Waals surface area contributed by atoms with Crippen LogP contribution in [0, 0.1) is 0 Å². The highest BCUT2D eigenvalue weighted by Crippen LogP contribution is 2.32. The van der Waals surface area contributed by atoms with Gasteiger partial charge in [0, 0.05) is 25.6 Å². The maximum Gasteiger partial charge on any atom is 0.316 e. The molecule has 2 aromatic carbocycles. The smallest absolute Gasteiger partial charge is 0.316 e. The number of carbonyl (C=O) groups excluding carboxylic acids is 3. The predicted octanol–water partition coefficient (Wildman–Crippen LogP) is 7.60.